The van der Waals surface area contributed by atoms with E-state index in [1.807, 2.05) is 0 Å². The molecule has 1 N–H and O–H groups in total. The minimum Gasteiger partial charge on any atom is -0.388 e. The summed E-state index contributed by atoms with van der Waals surface area (Å²) in [5.41, 5.74) is 0.118. The Morgan fingerprint density at radius 2 is 1.67 bits per heavy atom. The maximum atomic E-state index is 13.2. The molecule has 1 nitrogen and oxygen atoms in total. The highest BCUT2D eigenvalue weighted by molar-refractivity contribution is 9.10. The number of halogens is 5. The Kier molecular flexibility index (Phi) is 4.68. The Morgan fingerprint density at radius 3 is 2.24 bits per heavy atom. The minimum atomic E-state index is -4.41. The number of aliphatic hydroxyl groups is 1. The van der Waals surface area contributed by atoms with Crippen LogP contribution in [0.15, 0.2) is 46.9 Å². The van der Waals surface area contributed by atoms with Crippen molar-refractivity contribution in [2.45, 2.75) is 18.7 Å². The Morgan fingerprint density at radius 1 is 1.05 bits per heavy atom. The lowest BCUT2D eigenvalue weighted by atomic mass is 10.0. The van der Waals surface area contributed by atoms with Crippen LogP contribution < -0.4 is 0 Å². The van der Waals surface area contributed by atoms with Crippen LogP contribution in [0.4, 0.5) is 17.6 Å². The van der Waals surface area contributed by atoms with E-state index in [-0.39, 0.29) is 6.42 Å². The summed E-state index contributed by atoms with van der Waals surface area (Å²) in [5.74, 6) is -0.437. The third-order valence-corrected chi connectivity index (χ3v) is 3.82. The topological polar surface area (TPSA) is 20.2 Å². The maximum Gasteiger partial charge on any atom is 0.416 e. The fourth-order valence-corrected chi connectivity index (χ4v) is 2.33. The molecular weight excluding hydrogens is 352 g/mol. The zero-order valence-electron chi connectivity index (χ0n) is 10.7. The fraction of sp³-hybridized carbons (Fsp3) is 0.200. The second-order valence-electron chi connectivity index (χ2n) is 4.58. The van der Waals surface area contributed by atoms with Gasteiger partial charge in [-0.15, -0.1) is 0 Å². The van der Waals surface area contributed by atoms with Crippen LogP contribution in [0.5, 0.6) is 0 Å². The van der Waals surface area contributed by atoms with Gasteiger partial charge in [-0.1, -0.05) is 28.1 Å². The molecule has 0 spiro atoms. The maximum absolute atomic E-state index is 13.2. The number of benzene rings is 2. The number of hydrogen-bond acceptors (Lipinski definition) is 1. The average molecular weight is 363 g/mol. The van der Waals surface area contributed by atoms with Crippen molar-refractivity contribution in [3.05, 3.63) is 69.4 Å². The third kappa shape index (κ3) is 4.04. The van der Waals surface area contributed by atoms with Crippen LogP contribution in [0.25, 0.3) is 0 Å². The van der Waals surface area contributed by atoms with Crippen LogP contribution in [0.2, 0.25) is 0 Å². The van der Waals surface area contributed by atoms with Crippen LogP contribution in [0, 0.1) is 5.82 Å². The lowest BCUT2D eigenvalue weighted by Crippen LogP contribution is -2.07. The van der Waals surface area contributed by atoms with Crippen molar-refractivity contribution in [1.29, 1.82) is 0 Å². The van der Waals surface area contributed by atoms with E-state index in [1.165, 1.54) is 30.3 Å². The SMILES string of the molecule is OC(Cc1cc(F)ccc1Br)c1ccc(C(F)(F)F)cc1. The Hall–Kier alpha value is -1.40. The van der Waals surface area contributed by atoms with Gasteiger partial charge in [-0.25, -0.2) is 4.39 Å². The summed E-state index contributed by atoms with van der Waals surface area (Å²) in [4.78, 5) is 0. The quantitative estimate of drug-likeness (QED) is 0.771. The number of hydrogen-bond donors (Lipinski definition) is 1. The largest absolute Gasteiger partial charge is 0.416 e. The lowest BCUT2D eigenvalue weighted by molar-refractivity contribution is -0.137. The summed E-state index contributed by atoms with van der Waals surface area (Å²) in [7, 11) is 0. The first kappa shape index (κ1) is 16.0. The summed E-state index contributed by atoms with van der Waals surface area (Å²) in [6, 6.07) is 8.35. The smallest absolute Gasteiger partial charge is 0.388 e. The molecular formula is C15H11BrF4O. The molecule has 2 rings (SSSR count). The van der Waals surface area contributed by atoms with E-state index < -0.39 is 23.7 Å². The summed E-state index contributed by atoms with van der Waals surface area (Å²) in [6.07, 6.45) is -5.32. The molecule has 0 saturated heterocycles. The van der Waals surface area contributed by atoms with E-state index >= 15 is 0 Å². The Labute approximate surface area is 127 Å². The van der Waals surface area contributed by atoms with Gasteiger partial charge in [0, 0.05) is 10.9 Å². The van der Waals surface area contributed by atoms with E-state index in [2.05, 4.69) is 15.9 Å². The van der Waals surface area contributed by atoms with Gasteiger partial charge >= 0.3 is 6.18 Å². The van der Waals surface area contributed by atoms with Crippen LogP contribution in [0.1, 0.15) is 22.8 Å². The van der Waals surface area contributed by atoms with Crippen molar-refractivity contribution < 1.29 is 22.7 Å². The van der Waals surface area contributed by atoms with Crippen LogP contribution in [0.3, 0.4) is 0 Å². The van der Waals surface area contributed by atoms with Gasteiger partial charge in [0.25, 0.3) is 0 Å². The number of aliphatic hydroxyl groups excluding tert-OH is 1. The van der Waals surface area contributed by atoms with Crippen LogP contribution >= 0.6 is 15.9 Å². The van der Waals surface area contributed by atoms with Crippen molar-refractivity contribution in [2.24, 2.45) is 0 Å². The first-order valence-electron chi connectivity index (χ1n) is 6.06. The van der Waals surface area contributed by atoms with Crippen LogP contribution in [-0.2, 0) is 12.6 Å². The average Bonchev–Trinajstić information content (AvgIpc) is 2.42. The molecule has 0 radical (unpaired) electrons. The molecule has 0 aliphatic heterocycles. The first-order chi connectivity index (χ1) is 9.77. The molecule has 0 aliphatic rings. The molecule has 0 amide bonds. The van der Waals surface area contributed by atoms with Crippen molar-refractivity contribution in [2.75, 3.05) is 0 Å². The van der Waals surface area contributed by atoms with Gasteiger partial charge in [-0.05, 0) is 41.5 Å². The predicted molar refractivity (Wildman–Crippen MR) is 74.2 cm³/mol. The van der Waals surface area contributed by atoms with Crippen LogP contribution in [-0.4, -0.2) is 5.11 Å². The minimum absolute atomic E-state index is 0.101. The molecule has 21 heavy (non-hydrogen) atoms. The first-order valence-corrected chi connectivity index (χ1v) is 6.86. The van der Waals surface area contributed by atoms with Gasteiger partial charge < -0.3 is 5.11 Å². The molecule has 1 atom stereocenters. The van der Waals surface area contributed by atoms with E-state index in [0.29, 0.717) is 15.6 Å². The van der Waals surface area contributed by atoms with Gasteiger partial charge in [0.15, 0.2) is 0 Å². The fourth-order valence-electron chi connectivity index (χ4n) is 1.92. The highest BCUT2D eigenvalue weighted by Gasteiger charge is 2.30. The predicted octanol–water partition coefficient (Wildman–Crippen LogP) is 4.88. The standard InChI is InChI=1S/C15H11BrF4O/c16-13-6-5-12(17)7-10(13)8-14(21)9-1-3-11(4-2-9)15(18,19)20/h1-7,14,21H,8H2. The second-order valence-corrected chi connectivity index (χ2v) is 5.43. The molecule has 0 fully saturated rings. The number of alkyl halides is 3. The molecule has 0 bridgehead atoms. The zero-order valence-corrected chi connectivity index (χ0v) is 12.2. The molecule has 0 aliphatic carbocycles. The highest BCUT2D eigenvalue weighted by Crippen LogP contribution is 2.31. The summed E-state index contributed by atoms with van der Waals surface area (Å²) >= 11 is 3.24. The molecule has 1 unspecified atom stereocenters. The molecule has 0 saturated carbocycles. The molecule has 2 aromatic rings. The number of rotatable bonds is 3. The monoisotopic (exact) mass is 362 g/mol. The third-order valence-electron chi connectivity index (χ3n) is 3.04. The summed E-state index contributed by atoms with van der Waals surface area (Å²) in [6.45, 7) is 0. The van der Waals surface area contributed by atoms with Gasteiger partial charge in [0.1, 0.15) is 5.82 Å². The molecule has 112 valence electrons. The van der Waals surface area contributed by atoms with E-state index in [0.717, 1.165) is 12.1 Å². The molecule has 6 heteroatoms. The van der Waals surface area contributed by atoms with Gasteiger partial charge in [-0.3, -0.25) is 0 Å². The van der Waals surface area contributed by atoms with Crippen molar-refractivity contribution in [1.82, 2.24) is 0 Å². The Bertz CT molecular complexity index is 623. The van der Waals surface area contributed by atoms with Crippen molar-refractivity contribution >= 4 is 15.9 Å². The molecule has 0 aromatic heterocycles. The van der Waals surface area contributed by atoms with Crippen molar-refractivity contribution in [3.63, 3.8) is 0 Å². The lowest BCUT2D eigenvalue weighted by Gasteiger charge is -2.14. The summed E-state index contributed by atoms with van der Waals surface area (Å²) < 4.78 is 51.2. The van der Waals surface area contributed by atoms with E-state index in [1.54, 1.807) is 0 Å². The highest BCUT2D eigenvalue weighted by atomic mass is 79.9. The van der Waals surface area contributed by atoms with Gasteiger partial charge in [-0.2, -0.15) is 13.2 Å². The van der Waals surface area contributed by atoms with Crippen molar-refractivity contribution in [3.8, 4) is 0 Å². The molecule has 2 aromatic carbocycles. The van der Waals surface area contributed by atoms with Gasteiger partial charge in [0.05, 0.1) is 11.7 Å². The van der Waals surface area contributed by atoms with Gasteiger partial charge in [0.2, 0.25) is 0 Å². The summed E-state index contributed by atoms with van der Waals surface area (Å²) in [5, 5.41) is 10.1. The Balaban J connectivity index is 2.17. The normalized spacial score (nSPS) is 13.2. The zero-order chi connectivity index (χ0) is 15.6. The second kappa shape index (κ2) is 6.15. The van der Waals surface area contributed by atoms with E-state index in [4.69, 9.17) is 0 Å². The van der Waals surface area contributed by atoms with E-state index in [9.17, 15) is 22.7 Å². The molecule has 0 heterocycles.